The number of carbonyl (C=O) groups excluding carboxylic acids is 1. The van der Waals surface area contributed by atoms with E-state index in [9.17, 15) is 4.79 Å². The molecule has 2 unspecified atom stereocenters. The third-order valence-electron chi connectivity index (χ3n) is 2.77. The Bertz CT molecular complexity index is 356. The number of nitrogens with zero attached hydrogens (tertiary/aromatic N) is 2. The molecule has 1 fully saturated rings. The maximum absolute atomic E-state index is 12.2. The minimum atomic E-state index is 0.0996. The highest BCUT2D eigenvalue weighted by atomic mass is 16.2. The molecular weight excluding hydrogens is 202 g/mol. The van der Waals surface area contributed by atoms with Crippen molar-refractivity contribution in [2.24, 2.45) is 0 Å². The molecule has 4 heteroatoms. The van der Waals surface area contributed by atoms with E-state index in [1.54, 1.807) is 24.5 Å². The molecule has 1 aliphatic rings. The second kappa shape index (κ2) is 4.61. The number of rotatable bonds is 1. The predicted octanol–water partition coefficient (Wildman–Crippen LogP) is 0.904. The highest BCUT2D eigenvalue weighted by Gasteiger charge is 2.25. The van der Waals surface area contributed by atoms with Gasteiger partial charge in [0.05, 0.1) is 0 Å². The lowest BCUT2D eigenvalue weighted by Crippen LogP contribution is -2.55. The number of aromatic nitrogens is 1. The zero-order valence-electron chi connectivity index (χ0n) is 9.68. The SMILES string of the molecule is CC1CN(C(=O)c2ccncc2)CC(C)N1. The number of hydrogen-bond acceptors (Lipinski definition) is 3. The zero-order valence-corrected chi connectivity index (χ0v) is 9.68. The number of hydrogen-bond donors (Lipinski definition) is 1. The molecule has 1 aromatic rings. The molecule has 1 saturated heterocycles. The number of amides is 1. The van der Waals surface area contributed by atoms with Crippen LogP contribution in [0.25, 0.3) is 0 Å². The van der Waals surface area contributed by atoms with Gasteiger partial charge in [0, 0.05) is 43.1 Å². The molecule has 1 aliphatic heterocycles. The quantitative estimate of drug-likeness (QED) is 0.763. The Morgan fingerprint density at radius 2 is 1.88 bits per heavy atom. The van der Waals surface area contributed by atoms with Gasteiger partial charge >= 0.3 is 0 Å². The van der Waals surface area contributed by atoms with E-state index < -0.39 is 0 Å². The van der Waals surface area contributed by atoms with E-state index in [2.05, 4.69) is 24.1 Å². The topological polar surface area (TPSA) is 45.2 Å². The van der Waals surface area contributed by atoms with Crippen LogP contribution in [0.5, 0.6) is 0 Å². The van der Waals surface area contributed by atoms with Gasteiger partial charge in [-0.3, -0.25) is 9.78 Å². The summed E-state index contributed by atoms with van der Waals surface area (Å²) in [5.74, 6) is 0.0996. The van der Waals surface area contributed by atoms with E-state index in [1.165, 1.54) is 0 Å². The van der Waals surface area contributed by atoms with E-state index in [0.717, 1.165) is 18.7 Å². The first-order chi connectivity index (χ1) is 7.66. The van der Waals surface area contributed by atoms with Crippen molar-refractivity contribution in [2.75, 3.05) is 13.1 Å². The molecule has 86 valence electrons. The van der Waals surface area contributed by atoms with Crippen LogP contribution >= 0.6 is 0 Å². The smallest absolute Gasteiger partial charge is 0.254 e. The van der Waals surface area contributed by atoms with Crippen LogP contribution in [0.2, 0.25) is 0 Å². The Morgan fingerprint density at radius 3 is 2.44 bits per heavy atom. The van der Waals surface area contributed by atoms with Gasteiger partial charge in [-0.05, 0) is 26.0 Å². The number of nitrogens with one attached hydrogen (secondary N) is 1. The average Bonchev–Trinajstić information content (AvgIpc) is 2.28. The monoisotopic (exact) mass is 219 g/mol. The van der Waals surface area contributed by atoms with Gasteiger partial charge in [-0.15, -0.1) is 0 Å². The molecule has 1 amide bonds. The minimum absolute atomic E-state index is 0.0996. The first kappa shape index (κ1) is 11.1. The van der Waals surface area contributed by atoms with Gasteiger partial charge < -0.3 is 10.2 Å². The third-order valence-corrected chi connectivity index (χ3v) is 2.77. The molecule has 1 N–H and O–H groups in total. The Balaban J connectivity index is 2.10. The van der Waals surface area contributed by atoms with Crippen molar-refractivity contribution in [1.29, 1.82) is 0 Å². The third kappa shape index (κ3) is 2.39. The van der Waals surface area contributed by atoms with E-state index in [0.29, 0.717) is 12.1 Å². The maximum atomic E-state index is 12.2. The van der Waals surface area contributed by atoms with E-state index in [1.807, 2.05) is 4.90 Å². The molecule has 0 radical (unpaired) electrons. The lowest BCUT2D eigenvalue weighted by Gasteiger charge is -2.36. The number of piperazine rings is 1. The summed E-state index contributed by atoms with van der Waals surface area (Å²) < 4.78 is 0. The predicted molar refractivity (Wildman–Crippen MR) is 62.2 cm³/mol. The number of carbonyl (C=O) groups is 1. The van der Waals surface area contributed by atoms with Crippen LogP contribution in [-0.2, 0) is 0 Å². The van der Waals surface area contributed by atoms with Gasteiger partial charge in [0.15, 0.2) is 0 Å². The van der Waals surface area contributed by atoms with Crippen LogP contribution in [-0.4, -0.2) is 41.0 Å². The summed E-state index contributed by atoms with van der Waals surface area (Å²) >= 11 is 0. The van der Waals surface area contributed by atoms with Gasteiger partial charge in [-0.2, -0.15) is 0 Å². The zero-order chi connectivity index (χ0) is 11.5. The van der Waals surface area contributed by atoms with Crippen LogP contribution in [0, 0.1) is 0 Å². The first-order valence-electron chi connectivity index (χ1n) is 5.62. The Labute approximate surface area is 95.7 Å². The van der Waals surface area contributed by atoms with Crippen molar-refractivity contribution in [1.82, 2.24) is 15.2 Å². The Kier molecular flexibility index (Phi) is 3.19. The fourth-order valence-corrected chi connectivity index (χ4v) is 2.17. The van der Waals surface area contributed by atoms with Gasteiger partial charge in [-0.25, -0.2) is 0 Å². The van der Waals surface area contributed by atoms with Crippen molar-refractivity contribution in [2.45, 2.75) is 25.9 Å². The highest BCUT2D eigenvalue weighted by molar-refractivity contribution is 5.94. The highest BCUT2D eigenvalue weighted by Crippen LogP contribution is 2.09. The van der Waals surface area contributed by atoms with Crippen molar-refractivity contribution in [3.8, 4) is 0 Å². The van der Waals surface area contributed by atoms with Crippen LogP contribution in [0.15, 0.2) is 24.5 Å². The molecule has 2 rings (SSSR count). The number of pyridine rings is 1. The summed E-state index contributed by atoms with van der Waals surface area (Å²) in [7, 11) is 0. The van der Waals surface area contributed by atoms with E-state index in [4.69, 9.17) is 0 Å². The van der Waals surface area contributed by atoms with Gasteiger partial charge in [-0.1, -0.05) is 0 Å². The van der Waals surface area contributed by atoms with Crippen LogP contribution in [0.4, 0.5) is 0 Å². The van der Waals surface area contributed by atoms with Gasteiger partial charge in [0.2, 0.25) is 0 Å². The van der Waals surface area contributed by atoms with Crippen LogP contribution < -0.4 is 5.32 Å². The van der Waals surface area contributed by atoms with Crippen LogP contribution in [0.1, 0.15) is 24.2 Å². The average molecular weight is 219 g/mol. The fourth-order valence-electron chi connectivity index (χ4n) is 2.17. The molecule has 0 bridgehead atoms. The second-order valence-corrected chi connectivity index (χ2v) is 4.41. The fraction of sp³-hybridized carbons (Fsp3) is 0.500. The molecule has 2 heterocycles. The standard InChI is InChI=1S/C12H17N3O/c1-9-7-15(8-10(2)14-9)12(16)11-3-5-13-6-4-11/h3-6,9-10,14H,7-8H2,1-2H3. The largest absolute Gasteiger partial charge is 0.336 e. The van der Waals surface area contributed by atoms with E-state index >= 15 is 0 Å². The Hall–Kier alpha value is -1.42. The van der Waals surface area contributed by atoms with E-state index in [-0.39, 0.29) is 5.91 Å². The summed E-state index contributed by atoms with van der Waals surface area (Å²) in [4.78, 5) is 18.0. The van der Waals surface area contributed by atoms with Crippen molar-refractivity contribution in [3.63, 3.8) is 0 Å². The molecule has 16 heavy (non-hydrogen) atoms. The summed E-state index contributed by atoms with van der Waals surface area (Å²) in [6.45, 7) is 5.74. The maximum Gasteiger partial charge on any atom is 0.254 e. The summed E-state index contributed by atoms with van der Waals surface area (Å²) in [5.41, 5.74) is 0.719. The molecular formula is C12H17N3O. The lowest BCUT2D eigenvalue weighted by molar-refractivity contribution is 0.0673. The van der Waals surface area contributed by atoms with Crippen molar-refractivity contribution in [3.05, 3.63) is 30.1 Å². The first-order valence-corrected chi connectivity index (χ1v) is 5.62. The molecule has 0 spiro atoms. The normalized spacial score (nSPS) is 25.5. The van der Waals surface area contributed by atoms with Crippen molar-refractivity contribution >= 4 is 5.91 Å². The molecule has 0 aliphatic carbocycles. The molecule has 0 aromatic carbocycles. The molecule has 2 atom stereocenters. The van der Waals surface area contributed by atoms with Gasteiger partial charge in [0.25, 0.3) is 5.91 Å². The minimum Gasteiger partial charge on any atom is -0.336 e. The molecule has 0 saturated carbocycles. The summed E-state index contributed by atoms with van der Waals surface area (Å²) in [6.07, 6.45) is 3.31. The molecule has 4 nitrogen and oxygen atoms in total. The van der Waals surface area contributed by atoms with Crippen LogP contribution in [0.3, 0.4) is 0 Å². The second-order valence-electron chi connectivity index (χ2n) is 4.41. The summed E-state index contributed by atoms with van der Waals surface area (Å²) in [5, 5.41) is 3.41. The lowest BCUT2D eigenvalue weighted by atomic mass is 10.1. The van der Waals surface area contributed by atoms with Crippen molar-refractivity contribution < 1.29 is 4.79 Å². The summed E-state index contributed by atoms with van der Waals surface area (Å²) in [6, 6.07) is 4.24. The Morgan fingerprint density at radius 1 is 1.31 bits per heavy atom. The molecule has 1 aromatic heterocycles. The van der Waals surface area contributed by atoms with Gasteiger partial charge in [0.1, 0.15) is 0 Å².